The molecule has 1 amide bonds. The summed E-state index contributed by atoms with van der Waals surface area (Å²) in [6, 6.07) is 6.97. The predicted molar refractivity (Wildman–Crippen MR) is 101 cm³/mol. The molecule has 0 spiro atoms. The lowest BCUT2D eigenvalue weighted by Gasteiger charge is -2.09. The molecule has 1 heterocycles. The maximum absolute atomic E-state index is 12.3. The van der Waals surface area contributed by atoms with Gasteiger partial charge in [-0.05, 0) is 30.7 Å². The monoisotopic (exact) mass is 359 g/mol. The molecule has 7 heteroatoms. The van der Waals surface area contributed by atoms with E-state index < -0.39 is 17.2 Å². The molecule has 0 saturated carbocycles. The lowest BCUT2D eigenvalue weighted by atomic mass is 10.2. The summed E-state index contributed by atoms with van der Waals surface area (Å²) in [5, 5.41) is 2.66. The van der Waals surface area contributed by atoms with Crippen molar-refractivity contribution in [1.82, 2.24) is 9.13 Å². The van der Waals surface area contributed by atoms with E-state index in [1.807, 2.05) is 0 Å². The number of amides is 1. The zero-order valence-electron chi connectivity index (χ0n) is 15.4. The number of aromatic nitrogens is 2. The zero-order valence-corrected chi connectivity index (χ0v) is 15.4. The molecule has 2 aromatic rings. The number of aryl methyl sites for hydroxylation is 1. The number of unbranched alkanes of at least 4 members (excludes halogenated alkanes) is 3. The molecule has 0 aliphatic carbocycles. The van der Waals surface area contributed by atoms with E-state index in [4.69, 9.17) is 4.74 Å². The Labute approximate surface area is 152 Å². The summed E-state index contributed by atoms with van der Waals surface area (Å²) in [5.41, 5.74) is -0.653. The fourth-order valence-corrected chi connectivity index (χ4v) is 2.52. The Kier molecular flexibility index (Phi) is 6.77. The normalized spacial score (nSPS) is 10.6. The number of hydrogen-bond donors (Lipinski definition) is 1. The summed E-state index contributed by atoms with van der Waals surface area (Å²) in [6.07, 6.45) is 5.81. The maximum atomic E-state index is 12.3. The lowest BCUT2D eigenvalue weighted by Crippen LogP contribution is -2.40. The van der Waals surface area contributed by atoms with Crippen molar-refractivity contribution in [3.63, 3.8) is 0 Å². The first-order chi connectivity index (χ1) is 12.4. The van der Waals surface area contributed by atoms with Crippen LogP contribution in [0.5, 0.6) is 5.75 Å². The minimum atomic E-state index is -0.627. The van der Waals surface area contributed by atoms with Gasteiger partial charge in [0, 0.05) is 26.0 Å². The molecule has 0 fully saturated rings. The van der Waals surface area contributed by atoms with Crippen molar-refractivity contribution in [2.75, 3.05) is 11.9 Å². The van der Waals surface area contributed by atoms with Gasteiger partial charge in [0.15, 0.2) is 0 Å². The first kappa shape index (κ1) is 19.5. The number of carbonyl (C=O) groups excluding carboxylic acids is 1. The molecule has 0 atom stereocenters. The largest absolute Gasteiger partial charge is 0.494 e. The van der Waals surface area contributed by atoms with Crippen LogP contribution in [0.2, 0.25) is 0 Å². The Bertz CT molecular complexity index is 866. The topological polar surface area (TPSA) is 82.3 Å². The fraction of sp³-hybridized carbons (Fsp3) is 0.421. The molecular formula is C19H25N3O4. The lowest BCUT2D eigenvalue weighted by molar-refractivity contribution is 0.102. The van der Waals surface area contributed by atoms with Crippen molar-refractivity contribution >= 4 is 11.6 Å². The summed E-state index contributed by atoms with van der Waals surface area (Å²) < 4.78 is 7.76. The molecule has 2 rings (SSSR count). The van der Waals surface area contributed by atoms with Crippen LogP contribution >= 0.6 is 0 Å². The van der Waals surface area contributed by atoms with Crippen LogP contribution in [0.3, 0.4) is 0 Å². The van der Waals surface area contributed by atoms with Crippen LogP contribution in [-0.2, 0) is 14.1 Å². The molecule has 7 nitrogen and oxygen atoms in total. The third-order valence-electron chi connectivity index (χ3n) is 4.07. The summed E-state index contributed by atoms with van der Waals surface area (Å²) in [6.45, 7) is 2.83. The second-order valence-electron chi connectivity index (χ2n) is 6.19. The highest BCUT2D eigenvalue weighted by Gasteiger charge is 2.14. The number of hydrogen-bond acceptors (Lipinski definition) is 4. The van der Waals surface area contributed by atoms with E-state index in [0.717, 1.165) is 23.2 Å². The Morgan fingerprint density at radius 1 is 1.08 bits per heavy atom. The number of anilines is 1. The number of benzene rings is 1. The van der Waals surface area contributed by atoms with Crippen molar-refractivity contribution in [1.29, 1.82) is 0 Å². The minimum Gasteiger partial charge on any atom is -0.494 e. The highest BCUT2D eigenvalue weighted by molar-refractivity contribution is 6.03. The van der Waals surface area contributed by atoms with Crippen molar-refractivity contribution in [3.05, 3.63) is 56.9 Å². The molecule has 1 aromatic heterocycles. The van der Waals surface area contributed by atoms with E-state index in [1.54, 1.807) is 24.3 Å². The van der Waals surface area contributed by atoms with Crippen molar-refractivity contribution in [2.45, 2.75) is 32.6 Å². The number of nitrogens with zero attached hydrogens (tertiary/aromatic N) is 2. The van der Waals surface area contributed by atoms with Crippen LogP contribution in [0, 0.1) is 0 Å². The van der Waals surface area contributed by atoms with E-state index >= 15 is 0 Å². The predicted octanol–water partition coefficient (Wildman–Crippen LogP) is 2.30. The molecule has 0 radical (unpaired) electrons. The third kappa shape index (κ3) is 4.84. The molecule has 140 valence electrons. The SMILES string of the molecule is CCCCCCOc1ccc(NC(=O)c2cn(C)c(=O)n(C)c2=O)cc1. The van der Waals surface area contributed by atoms with Crippen LogP contribution in [0.4, 0.5) is 5.69 Å². The average molecular weight is 359 g/mol. The molecule has 0 aliphatic heterocycles. The summed E-state index contributed by atoms with van der Waals surface area (Å²) in [7, 11) is 2.83. The average Bonchev–Trinajstić information content (AvgIpc) is 2.64. The number of carbonyl (C=O) groups is 1. The van der Waals surface area contributed by atoms with Gasteiger partial charge >= 0.3 is 5.69 Å². The quantitative estimate of drug-likeness (QED) is 0.733. The van der Waals surface area contributed by atoms with E-state index in [-0.39, 0.29) is 5.56 Å². The van der Waals surface area contributed by atoms with Gasteiger partial charge in [-0.3, -0.25) is 14.2 Å². The summed E-state index contributed by atoms with van der Waals surface area (Å²) in [4.78, 5) is 36.1. The molecule has 0 bridgehead atoms. The van der Waals surface area contributed by atoms with Gasteiger partial charge in [-0.15, -0.1) is 0 Å². The maximum Gasteiger partial charge on any atom is 0.330 e. The van der Waals surface area contributed by atoms with E-state index in [0.29, 0.717) is 12.3 Å². The summed E-state index contributed by atoms with van der Waals surface area (Å²) in [5.74, 6) is 0.173. The van der Waals surface area contributed by atoms with E-state index in [9.17, 15) is 14.4 Å². The van der Waals surface area contributed by atoms with Gasteiger partial charge in [-0.1, -0.05) is 26.2 Å². The molecule has 0 aliphatic rings. The smallest absolute Gasteiger partial charge is 0.330 e. The summed E-state index contributed by atoms with van der Waals surface area (Å²) >= 11 is 0. The van der Waals surface area contributed by atoms with Crippen molar-refractivity contribution in [2.24, 2.45) is 14.1 Å². The van der Waals surface area contributed by atoms with Gasteiger partial charge in [0.2, 0.25) is 0 Å². The van der Waals surface area contributed by atoms with Crippen LogP contribution < -0.4 is 21.3 Å². The van der Waals surface area contributed by atoms with Gasteiger partial charge in [0.25, 0.3) is 11.5 Å². The molecule has 0 unspecified atom stereocenters. The first-order valence-electron chi connectivity index (χ1n) is 8.75. The molecule has 1 aromatic carbocycles. The van der Waals surface area contributed by atoms with Crippen LogP contribution in [0.25, 0.3) is 0 Å². The number of nitrogens with one attached hydrogen (secondary N) is 1. The van der Waals surface area contributed by atoms with Gasteiger partial charge in [0.05, 0.1) is 6.61 Å². The Morgan fingerprint density at radius 3 is 2.42 bits per heavy atom. The van der Waals surface area contributed by atoms with Crippen molar-refractivity contribution in [3.8, 4) is 5.75 Å². The standard InChI is InChI=1S/C19H25N3O4/c1-4-5-6-7-12-26-15-10-8-14(9-11-15)20-17(23)16-13-21(2)19(25)22(3)18(16)24/h8-11,13H,4-7,12H2,1-3H3,(H,20,23). The first-order valence-corrected chi connectivity index (χ1v) is 8.75. The van der Waals surface area contributed by atoms with E-state index in [1.165, 1.54) is 37.7 Å². The van der Waals surface area contributed by atoms with Crippen LogP contribution in [-0.4, -0.2) is 21.6 Å². The Morgan fingerprint density at radius 2 is 1.77 bits per heavy atom. The number of rotatable bonds is 8. The number of ether oxygens (including phenoxy) is 1. The fourth-order valence-electron chi connectivity index (χ4n) is 2.52. The highest BCUT2D eigenvalue weighted by atomic mass is 16.5. The van der Waals surface area contributed by atoms with Gasteiger partial charge in [-0.25, -0.2) is 4.79 Å². The Balaban J connectivity index is 2.00. The third-order valence-corrected chi connectivity index (χ3v) is 4.07. The molecule has 0 saturated heterocycles. The van der Waals surface area contributed by atoms with Gasteiger partial charge < -0.3 is 14.6 Å². The molecule has 26 heavy (non-hydrogen) atoms. The second kappa shape index (κ2) is 9.03. The van der Waals surface area contributed by atoms with Crippen molar-refractivity contribution < 1.29 is 9.53 Å². The zero-order chi connectivity index (χ0) is 19.1. The van der Waals surface area contributed by atoms with Gasteiger partial charge in [-0.2, -0.15) is 0 Å². The minimum absolute atomic E-state index is 0.0918. The van der Waals surface area contributed by atoms with Crippen LogP contribution in [0.15, 0.2) is 40.1 Å². The highest BCUT2D eigenvalue weighted by Crippen LogP contribution is 2.16. The molecular weight excluding hydrogens is 334 g/mol. The van der Waals surface area contributed by atoms with Gasteiger partial charge in [0.1, 0.15) is 11.3 Å². The van der Waals surface area contributed by atoms with Crippen LogP contribution in [0.1, 0.15) is 43.0 Å². The Hall–Kier alpha value is -2.83. The second-order valence-corrected chi connectivity index (χ2v) is 6.19. The molecule has 1 N–H and O–H groups in total. The van der Waals surface area contributed by atoms with E-state index in [2.05, 4.69) is 12.2 Å².